The lowest BCUT2D eigenvalue weighted by Crippen LogP contribution is -2.32. The SMILES string of the molecule is Cc1ccc(CN2CCSCC2)cc1NC(=O)c1nnn(-c2ccc(F)cc2)c1C. The number of aromatic nitrogens is 3. The maximum Gasteiger partial charge on any atom is 0.278 e. The molecule has 0 unspecified atom stereocenters. The van der Waals surface area contributed by atoms with Crippen molar-refractivity contribution in [1.82, 2.24) is 19.9 Å². The van der Waals surface area contributed by atoms with Gasteiger partial charge in [0.25, 0.3) is 5.91 Å². The zero-order valence-electron chi connectivity index (χ0n) is 17.1. The molecule has 2 aromatic carbocycles. The highest BCUT2D eigenvalue weighted by Crippen LogP contribution is 2.21. The van der Waals surface area contributed by atoms with Crippen LogP contribution in [0.5, 0.6) is 0 Å². The Hall–Kier alpha value is -2.71. The van der Waals surface area contributed by atoms with Crippen LogP contribution in [-0.2, 0) is 6.54 Å². The number of hydrogen-bond donors (Lipinski definition) is 1. The Morgan fingerprint density at radius 2 is 1.87 bits per heavy atom. The minimum atomic E-state index is -0.326. The molecule has 3 aromatic rings. The average Bonchev–Trinajstić information content (AvgIpc) is 3.13. The molecule has 0 aliphatic carbocycles. The molecule has 0 atom stereocenters. The number of aryl methyl sites for hydroxylation is 1. The zero-order chi connectivity index (χ0) is 21.1. The molecule has 1 fully saturated rings. The van der Waals surface area contributed by atoms with Gasteiger partial charge in [-0.2, -0.15) is 11.8 Å². The topological polar surface area (TPSA) is 63.1 Å². The summed E-state index contributed by atoms with van der Waals surface area (Å²) in [5.74, 6) is 1.69. The second-order valence-corrected chi connectivity index (χ2v) is 8.63. The molecule has 156 valence electrons. The van der Waals surface area contributed by atoms with Gasteiger partial charge in [-0.15, -0.1) is 5.10 Å². The van der Waals surface area contributed by atoms with Gasteiger partial charge < -0.3 is 5.32 Å². The first-order chi connectivity index (χ1) is 14.5. The van der Waals surface area contributed by atoms with E-state index in [2.05, 4.69) is 26.6 Å². The summed E-state index contributed by atoms with van der Waals surface area (Å²) in [6.07, 6.45) is 0. The van der Waals surface area contributed by atoms with Crippen molar-refractivity contribution in [2.75, 3.05) is 29.9 Å². The molecule has 1 aromatic heterocycles. The molecule has 2 heterocycles. The maximum absolute atomic E-state index is 13.2. The highest BCUT2D eigenvalue weighted by molar-refractivity contribution is 7.99. The number of rotatable bonds is 5. The second-order valence-electron chi connectivity index (χ2n) is 7.40. The first-order valence-corrected chi connectivity index (χ1v) is 11.1. The minimum absolute atomic E-state index is 0.247. The summed E-state index contributed by atoms with van der Waals surface area (Å²) in [5, 5.41) is 11.1. The molecule has 1 amide bonds. The molecule has 4 rings (SSSR count). The summed E-state index contributed by atoms with van der Waals surface area (Å²) in [7, 11) is 0. The number of carbonyl (C=O) groups excluding carboxylic acids is 1. The van der Waals surface area contributed by atoms with E-state index in [1.165, 1.54) is 33.9 Å². The van der Waals surface area contributed by atoms with Gasteiger partial charge in [0.2, 0.25) is 0 Å². The van der Waals surface area contributed by atoms with Gasteiger partial charge in [-0.05, 0) is 55.3 Å². The molecule has 1 aliphatic heterocycles. The van der Waals surface area contributed by atoms with Gasteiger partial charge in [0.05, 0.1) is 11.4 Å². The van der Waals surface area contributed by atoms with Crippen molar-refractivity contribution < 1.29 is 9.18 Å². The van der Waals surface area contributed by atoms with Crippen molar-refractivity contribution in [3.63, 3.8) is 0 Å². The molecule has 1 saturated heterocycles. The van der Waals surface area contributed by atoms with Crippen molar-refractivity contribution in [3.8, 4) is 5.69 Å². The Morgan fingerprint density at radius 1 is 1.13 bits per heavy atom. The van der Waals surface area contributed by atoms with Crippen molar-refractivity contribution >= 4 is 23.4 Å². The number of nitrogens with one attached hydrogen (secondary N) is 1. The lowest BCUT2D eigenvalue weighted by atomic mass is 10.1. The number of halogens is 1. The van der Waals surface area contributed by atoms with Crippen LogP contribution in [0.1, 0.15) is 27.3 Å². The monoisotopic (exact) mass is 425 g/mol. The third kappa shape index (κ3) is 4.55. The first-order valence-electron chi connectivity index (χ1n) is 9.90. The van der Waals surface area contributed by atoms with E-state index in [1.807, 2.05) is 30.8 Å². The third-order valence-electron chi connectivity index (χ3n) is 5.24. The van der Waals surface area contributed by atoms with Crippen LogP contribution in [0.25, 0.3) is 5.69 Å². The lowest BCUT2D eigenvalue weighted by molar-refractivity contribution is 0.102. The normalized spacial score (nSPS) is 14.6. The van der Waals surface area contributed by atoms with Crippen LogP contribution in [0.3, 0.4) is 0 Å². The van der Waals surface area contributed by atoms with Crippen LogP contribution < -0.4 is 5.32 Å². The van der Waals surface area contributed by atoms with Crippen molar-refractivity contribution in [1.29, 1.82) is 0 Å². The summed E-state index contributed by atoms with van der Waals surface area (Å²) in [6.45, 7) is 6.80. The molecular formula is C22H24FN5OS. The molecule has 8 heteroatoms. The lowest BCUT2D eigenvalue weighted by Gasteiger charge is -2.26. The van der Waals surface area contributed by atoms with Crippen LogP contribution in [0.15, 0.2) is 42.5 Å². The Bertz CT molecular complexity index is 1040. The highest BCUT2D eigenvalue weighted by atomic mass is 32.2. The number of benzene rings is 2. The number of hydrogen-bond acceptors (Lipinski definition) is 5. The summed E-state index contributed by atoms with van der Waals surface area (Å²) in [6, 6.07) is 12.1. The number of anilines is 1. The van der Waals surface area contributed by atoms with E-state index in [0.29, 0.717) is 11.4 Å². The number of nitrogens with zero attached hydrogens (tertiary/aromatic N) is 4. The van der Waals surface area contributed by atoms with Gasteiger partial charge in [0.15, 0.2) is 5.69 Å². The molecule has 1 N–H and O–H groups in total. The van der Waals surface area contributed by atoms with Crippen molar-refractivity contribution in [3.05, 3.63) is 70.8 Å². The zero-order valence-corrected chi connectivity index (χ0v) is 17.9. The molecule has 30 heavy (non-hydrogen) atoms. The van der Waals surface area contributed by atoms with E-state index < -0.39 is 0 Å². The van der Waals surface area contributed by atoms with E-state index in [1.54, 1.807) is 19.1 Å². The van der Waals surface area contributed by atoms with E-state index in [0.717, 1.165) is 30.9 Å². The number of thioether (sulfide) groups is 1. The summed E-state index contributed by atoms with van der Waals surface area (Å²) in [5.41, 5.74) is 4.44. The van der Waals surface area contributed by atoms with E-state index in [4.69, 9.17) is 0 Å². The van der Waals surface area contributed by atoms with Gasteiger partial charge in [-0.1, -0.05) is 17.3 Å². The van der Waals surface area contributed by atoms with Gasteiger partial charge in [-0.3, -0.25) is 9.69 Å². The molecule has 6 nitrogen and oxygen atoms in total. The fourth-order valence-corrected chi connectivity index (χ4v) is 4.45. The van der Waals surface area contributed by atoms with Crippen LogP contribution in [0, 0.1) is 19.7 Å². The Labute approximate surface area is 179 Å². The number of amides is 1. The molecular weight excluding hydrogens is 401 g/mol. The molecule has 0 radical (unpaired) electrons. The Balaban J connectivity index is 1.51. The molecule has 0 spiro atoms. The molecule has 0 bridgehead atoms. The van der Waals surface area contributed by atoms with Gasteiger partial charge in [-0.25, -0.2) is 9.07 Å². The molecule has 0 saturated carbocycles. The predicted molar refractivity (Wildman–Crippen MR) is 118 cm³/mol. The summed E-state index contributed by atoms with van der Waals surface area (Å²) in [4.78, 5) is 15.3. The van der Waals surface area contributed by atoms with Crippen LogP contribution in [0.2, 0.25) is 0 Å². The van der Waals surface area contributed by atoms with Gasteiger partial charge in [0, 0.05) is 36.8 Å². The minimum Gasteiger partial charge on any atom is -0.320 e. The Kier molecular flexibility index (Phi) is 6.15. The van der Waals surface area contributed by atoms with Gasteiger partial charge in [0.1, 0.15) is 5.82 Å². The van der Waals surface area contributed by atoms with E-state index >= 15 is 0 Å². The quantitative estimate of drug-likeness (QED) is 0.673. The average molecular weight is 426 g/mol. The van der Waals surface area contributed by atoms with Gasteiger partial charge >= 0.3 is 0 Å². The van der Waals surface area contributed by atoms with E-state index in [9.17, 15) is 9.18 Å². The summed E-state index contributed by atoms with van der Waals surface area (Å²) < 4.78 is 14.7. The van der Waals surface area contributed by atoms with Crippen molar-refractivity contribution in [2.45, 2.75) is 20.4 Å². The fraction of sp³-hybridized carbons (Fsp3) is 0.318. The van der Waals surface area contributed by atoms with Crippen molar-refractivity contribution in [2.24, 2.45) is 0 Å². The molecule has 1 aliphatic rings. The highest BCUT2D eigenvalue weighted by Gasteiger charge is 2.19. The summed E-state index contributed by atoms with van der Waals surface area (Å²) >= 11 is 1.99. The second kappa shape index (κ2) is 8.97. The maximum atomic E-state index is 13.2. The van der Waals surface area contributed by atoms with Crippen LogP contribution >= 0.6 is 11.8 Å². The first kappa shape index (κ1) is 20.6. The Morgan fingerprint density at radius 3 is 2.60 bits per heavy atom. The van der Waals surface area contributed by atoms with E-state index in [-0.39, 0.29) is 17.4 Å². The standard InChI is InChI=1S/C22H24FN5OS/c1-15-3-4-17(14-27-9-11-30-12-10-27)13-20(15)24-22(29)21-16(2)28(26-25-21)19-7-5-18(23)6-8-19/h3-8,13H,9-12,14H2,1-2H3,(H,24,29). The smallest absolute Gasteiger partial charge is 0.278 e. The third-order valence-corrected chi connectivity index (χ3v) is 6.18. The largest absolute Gasteiger partial charge is 0.320 e. The van der Waals surface area contributed by atoms with Crippen LogP contribution in [-0.4, -0.2) is 50.4 Å². The predicted octanol–water partition coefficient (Wildman–Crippen LogP) is 3.82. The van der Waals surface area contributed by atoms with Crippen LogP contribution in [0.4, 0.5) is 10.1 Å². The fourth-order valence-electron chi connectivity index (χ4n) is 3.47. The number of carbonyl (C=O) groups is 1.